The molecule has 0 heterocycles. The van der Waals surface area contributed by atoms with Gasteiger partial charge in [0.2, 0.25) is 0 Å². The Balaban J connectivity index is 1.71. The van der Waals surface area contributed by atoms with Crippen LogP contribution in [0.25, 0.3) is 0 Å². The molecule has 0 amide bonds. The van der Waals surface area contributed by atoms with E-state index < -0.39 is 6.10 Å². The molecule has 1 aliphatic rings. The molecule has 1 unspecified atom stereocenters. The average Bonchev–Trinajstić information content (AvgIpc) is 2.34. The highest BCUT2D eigenvalue weighted by Gasteiger charge is 2.23. The zero-order valence-corrected chi connectivity index (χ0v) is 11.6. The summed E-state index contributed by atoms with van der Waals surface area (Å²) in [6.07, 6.45) is 3.38. The van der Waals surface area contributed by atoms with Crippen molar-refractivity contribution in [3.63, 3.8) is 0 Å². The van der Waals surface area contributed by atoms with Crippen LogP contribution < -0.4 is 10.5 Å². The molecule has 0 aromatic heterocycles. The third kappa shape index (κ3) is 4.20. The Hall–Kier alpha value is -1.10. The predicted octanol–water partition coefficient (Wildman–Crippen LogP) is 1.37. The van der Waals surface area contributed by atoms with Gasteiger partial charge in [0.1, 0.15) is 18.5 Å². The van der Waals surface area contributed by atoms with Crippen LogP contribution in [-0.4, -0.2) is 42.4 Å². The number of benzene rings is 1. The molecule has 4 nitrogen and oxygen atoms in total. The second-order valence-electron chi connectivity index (χ2n) is 5.34. The monoisotopic (exact) mass is 264 g/mol. The van der Waals surface area contributed by atoms with Crippen molar-refractivity contribution in [2.24, 2.45) is 5.73 Å². The maximum atomic E-state index is 9.96. The Labute approximate surface area is 115 Å². The second-order valence-corrected chi connectivity index (χ2v) is 5.34. The van der Waals surface area contributed by atoms with Gasteiger partial charge in [0.05, 0.1) is 0 Å². The Morgan fingerprint density at radius 1 is 1.37 bits per heavy atom. The van der Waals surface area contributed by atoms with Crippen molar-refractivity contribution < 1.29 is 9.84 Å². The van der Waals surface area contributed by atoms with Gasteiger partial charge in [-0.05, 0) is 37.6 Å². The summed E-state index contributed by atoms with van der Waals surface area (Å²) in [5.41, 5.74) is 6.62. The third-order valence-corrected chi connectivity index (χ3v) is 3.80. The highest BCUT2D eigenvalue weighted by atomic mass is 16.5. The molecule has 1 atom stereocenters. The van der Waals surface area contributed by atoms with E-state index in [1.165, 1.54) is 19.3 Å². The molecule has 3 N–H and O–H groups in total. The SMILES string of the molecule is CN(CC(O)COc1ccc(CN)cc1)C1CCC1. The highest BCUT2D eigenvalue weighted by molar-refractivity contribution is 5.27. The summed E-state index contributed by atoms with van der Waals surface area (Å²) in [5, 5.41) is 9.96. The van der Waals surface area contributed by atoms with Crippen molar-refractivity contribution in [3.05, 3.63) is 29.8 Å². The molecule has 2 rings (SSSR count). The van der Waals surface area contributed by atoms with Crippen LogP contribution in [0.3, 0.4) is 0 Å². The quantitative estimate of drug-likeness (QED) is 0.781. The number of hydrogen-bond acceptors (Lipinski definition) is 4. The van der Waals surface area contributed by atoms with Gasteiger partial charge in [0.25, 0.3) is 0 Å². The van der Waals surface area contributed by atoms with Gasteiger partial charge in [-0.25, -0.2) is 0 Å². The van der Waals surface area contributed by atoms with Crippen molar-refractivity contribution in [1.29, 1.82) is 0 Å². The van der Waals surface area contributed by atoms with Crippen molar-refractivity contribution in [1.82, 2.24) is 4.90 Å². The molecule has 0 aliphatic heterocycles. The number of hydrogen-bond donors (Lipinski definition) is 2. The zero-order valence-electron chi connectivity index (χ0n) is 11.6. The summed E-state index contributed by atoms with van der Waals surface area (Å²) >= 11 is 0. The summed E-state index contributed by atoms with van der Waals surface area (Å²) in [6, 6.07) is 8.33. The Morgan fingerprint density at radius 3 is 2.58 bits per heavy atom. The van der Waals surface area contributed by atoms with Crippen molar-refractivity contribution in [3.8, 4) is 5.75 Å². The van der Waals surface area contributed by atoms with E-state index in [4.69, 9.17) is 10.5 Å². The maximum Gasteiger partial charge on any atom is 0.119 e. The lowest BCUT2D eigenvalue weighted by atomic mass is 9.92. The fourth-order valence-corrected chi connectivity index (χ4v) is 2.28. The fourth-order valence-electron chi connectivity index (χ4n) is 2.28. The van der Waals surface area contributed by atoms with Crippen LogP contribution >= 0.6 is 0 Å². The van der Waals surface area contributed by atoms with E-state index in [0.717, 1.165) is 11.3 Å². The van der Waals surface area contributed by atoms with Gasteiger partial charge in [-0.15, -0.1) is 0 Å². The lowest BCUT2D eigenvalue weighted by Gasteiger charge is -2.35. The van der Waals surface area contributed by atoms with E-state index in [1.807, 2.05) is 24.3 Å². The first-order chi connectivity index (χ1) is 9.19. The topological polar surface area (TPSA) is 58.7 Å². The normalized spacial score (nSPS) is 17.3. The molecular weight excluding hydrogens is 240 g/mol. The van der Waals surface area contributed by atoms with Gasteiger partial charge in [-0.2, -0.15) is 0 Å². The minimum atomic E-state index is -0.445. The van der Waals surface area contributed by atoms with Gasteiger partial charge in [-0.1, -0.05) is 18.6 Å². The molecule has 4 heteroatoms. The molecule has 0 radical (unpaired) electrons. The Bertz CT molecular complexity index is 376. The number of rotatable bonds is 7. The van der Waals surface area contributed by atoms with E-state index in [-0.39, 0.29) is 0 Å². The number of nitrogens with zero attached hydrogens (tertiary/aromatic N) is 1. The van der Waals surface area contributed by atoms with E-state index in [9.17, 15) is 5.11 Å². The number of nitrogens with two attached hydrogens (primary N) is 1. The van der Waals surface area contributed by atoms with Crippen LogP contribution in [0.15, 0.2) is 24.3 Å². The standard InChI is InChI=1S/C15H24N2O2/c1-17(13-3-2-4-13)10-14(18)11-19-15-7-5-12(9-16)6-8-15/h5-8,13-14,18H,2-4,9-11,16H2,1H3. The predicted molar refractivity (Wildman–Crippen MR) is 76.1 cm³/mol. The number of aliphatic hydroxyl groups is 1. The molecule has 106 valence electrons. The third-order valence-electron chi connectivity index (χ3n) is 3.80. The van der Waals surface area contributed by atoms with Gasteiger partial charge < -0.3 is 20.5 Å². The van der Waals surface area contributed by atoms with Crippen LogP contribution in [0.1, 0.15) is 24.8 Å². The molecule has 0 spiro atoms. The van der Waals surface area contributed by atoms with E-state index in [2.05, 4.69) is 11.9 Å². The molecule has 1 aromatic rings. The summed E-state index contributed by atoms with van der Waals surface area (Å²) in [6.45, 7) is 1.54. The minimum absolute atomic E-state index is 0.332. The lowest BCUT2D eigenvalue weighted by molar-refractivity contribution is 0.0476. The summed E-state index contributed by atoms with van der Waals surface area (Å²) in [7, 11) is 2.07. The Kier molecular flexibility index (Phi) is 5.19. The first kappa shape index (κ1) is 14.3. The van der Waals surface area contributed by atoms with E-state index in [1.54, 1.807) is 0 Å². The highest BCUT2D eigenvalue weighted by Crippen LogP contribution is 2.23. The van der Waals surface area contributed by atoms with Crippen LogP contribution in [0, 0.1) is 0 Å². The molecule has 19 heavy (non-hydrogen) atoms. The molecule has 1 saturated carbocycles. The molecule has 0 bridgehead atoms. The smallest absolute Gasteiger partial charge is 0.119 e. The first-order valence-corrected chi connectivity index (χ1v) is 6.99. The second kappa shape index (κ2) is 6.89. The maximum absolute atomic E-state index is 9.96. The number of ether oxygens (including phenoxy) is 1. The molecular formula is C15H24N2O2. The van der Waals surface area contributed by atoms with Crippen LogP contribution in [0.2, 0.25) is 0 Å². The van der Waals surface area contributed by atoms with Crippen LogP contribution in [-0.2, 0) is 6.54 Å². The molecule has 1 aromatic carbocycles. The fraction of sp³-hybridized carbons (Fsp3) is 0.600. The van der Waals surface area contributed by atoms with E-state index >= 15 is 0 Å². The van der Waals surface area contributed by atoms with Gasteiger partial charge in [-0.3, -0.25) is 0 Å². The summed E-state index contributed by atoms with van der Waals surface area (Å²) in [5.74, 6) is 0.780. The Morgan fingerprint density at radius 2 is 2.05 bits per heavy atom. The first-order valence-electron chi connectivity index (χ1n) is 6.99. The lowest BCUT2D eigenvalue weighted by Crippen LogP contribution is -2.42. The van der Waals surface area contributed by atoms with Crippen molar-refractivity contribution >= 4 is 0 Å². The number of aliphatic hydroxyl groups excluding tert-OH is 1. The number of likely N-dealkylation sites (N-methyl/N-ethyl adjacent to an activating group) is 1. The largest absolute Gasteiger partial charge is 0.491 e. The van der Waals surface area contributed by atoms with Gasteiger partial charge in [0, 0.05) is 19.1 Å². The average molecular weight is 264 g/mol. The van der Waals surface area contributed by atoms with Crippen LogP contribution in [0.5, 0.6) is 5.75 Å². The van der Waals surface area contributed by atoms with Crippen LogP contribution in [0.4, 0.5) is 0 Å². The molecule has 0 saturated heterocycles. The van der Waals surface area contributed by atoms with Gasteiger partial charge >= 0.3 is 0 Å². The molecule has 1 fully saturated rings. The summed E-state index contributed by atoms with van der Waals surface area (Å²) in [4.78, 5) is 2.23. The zero-order chi connectivity index (χ0) is 13.7. The van der Waals surface area contributed by atoms with Gasteiger partial charge in [0.15, 0.2) is 0 Å². The minimum Gasteiger partial charge on any atom is -0.491 e. The summed E-state index contributed by atoms with van der Waals surface area (Å²) < 4.78 is 5.58. The van der Waals surface area contributed by atoms with Crippen molar-refractivity contribution in [2.45, 2.75) is 38.0 Å². The van der Waals surface area contributed by atoms with Crippen molar-refractivity contribution in [2.75, 3.05) is 20.2 Å². The molecule has 1 aliphatic carbocycles. The van der Waals surface area contributed by atoms with E-state index in [0.29, 0.717) is 25.7 Å².